The van der Waals surface area contributed by atoms with Crippen molar-refractivity contribution in [3.05, 3.63) is 18.1 Å². The van der Waals surface area contributed by atoms with Crippen LogP contribution in [0, 0.1) is 0 Å². The van der Waals surface area contributed by atoms with Crippen molar-refractivity contribution in [3.8, 4) is 5.88 Å². The number of hydrogen-bond acceptors (Lipinski definition) is 4. The van der Waals surface area contributed by atoms with Crippen LogP contribution in [0.4, 0.5) is 0 Å². The Kier molecular flexibility index (Phi) is 3.00. The molecule has 14 heavy (non-hydrogen) atoms. The van der Waals surface area contributed by atoms with Crippen molar-refractivity contribution in [2.45, 2.75) is 26.4 Å². The monoisotopic (exact) mass is 211 g/mol. The second-order valence-corrected chi connectivity index (χ2v) is 4.26. The fourth-order valence-corrected chi connectivity index (χ4v) is 0.999. The molecule has 0 aromatic carbocycles. The summed E-state index contributed by atoms with van der Waals surface area (Å²) in [5.41, 5.74) is 5.75. The first-order valence-electron chi connectivity index (χ1n) is 4.19. The molecule has 0 unspecified atom stereocenters. The van der Waals surface area contributed by atoms with Gasteiger partial charge in [0, 0.05) is 6.20 Å². The number of ether oxygens (including phenoxy) is 1. The number of nitrogens with two attached hydrogens (primary N) is 1. The molecule has 0 atom stereocenters. The van der Waals surface area contributed by atoms with Crippen LogP contribution in [0.15, 0.2) is 12.5 Å². The van der Waals surface area contributed by atoms with Crippen LogP contribution in [0.25, 0.3) is 0 Å². The summed E-state index contributed by atoms with van der Waals surface area (Å²) in [6.45, 7) is 5.79. The van der Waals surface area contributed by atoms with E-state index in [1.165, 1.54) is 6.33 Å². The largest absolute Gasteiger partial charge is 0.471 e. The number of aromatic nitrogens is 2. The summed E-state index contributed by atoms with van der Waals surface area (Å²) in [6.07, 6.45) is 2.96. The Morgan fingerprint density at radius 1 is 1.50 bits per heavy atom. The van der Waals surface area contributed by atoms with Crippen LogP contribution in [-0.4, -0.2) is 20.6 Å². The van der Waals surface area contributed by atoms with Crippen molar-refractivity contribution in [1.82, 2.24) is 9.97 Å². The first-order valence-corrected chi connectivity index (χ1v) is 4.60. The van der Waals surface area contributed by atoms with Crippen LogP contribution >= 0.6 is 12.2 Å². The average Bonchev–Trinajstić information content (AvgIpc) is 2.01. The standard InChI is InChI=1S/C9H13N3OS/c1-9(2,3)13-8-6(7(10)14)4-11-5-12-8/h4-5H,1-3H3,(H2,10,14). The zero-order valence-electron chi connectivity index (χ0n) is 8.44. The van der Waals surface area contributed by atoms with Crippen molar-refractivity contribution in [1.29, 1.82) is 0 Å². The molecule has 0 aliphatic rings. The summed E-state index contributed by atoms with van der Waals surface area (Å²) in [4.78, 5) is 8.06. The van der Waals surface area contributed by atoms with Crippen molar-refractivity contribution in [2.24, 2.45) is 5.73 Å². The molecule has 1 heterocycles. The first kappa shape index (κ1) is 10.8. The van der Waals surface area contributed by atoms with Crippen LogP contribution in [0.3, 0.4) is 0 Å². The van der Waals surface area contributed by atoms with E-state index in [-0.39, 0.29) is 10.6 Å². The molecule has 5 heteroatoms. The minimum absolute atomic E-state index is 0.241. The molecule has 0 saturated heterocycles. The summed E-state index contributed by atoms with van der Waals surface area (Å²) in [5.74, 6) is 0.431. The lowest BCUT2D eigenvalue weighted by molar-refractivity contribution is 0.123. The molecule has 4 nitrogen and oxygen atoms in total. The van der Waals surface area contributed by atoms with E-state index in [1.807, 2.05) is 20.8 Å². The lowest BCUT2D eigenvalue weighted by Gasteiger charge is -2.21. The van der Waals surface area contributed by atoms with Gasteiger partial charge in [0.05, 0.1) is 5.56 Å². The normalized spacial score (nSPS) is 11.1. The van der Waals surface area contributed by atoms with Crippen LogP contribution in [0.2, 0.25) is 0 Å². The van der Waals surface area contributed by atoms with Gasteiger partial charge < -0.3 is 10.5 Å². The van der Waals surface area contributed by atoms with Gasteiger partial charge in [0.1, 0.15) is 16.9 Å². The molecular formula is C9H13N3OS. The Bertz CT molecular complexity index is 346. The van der Waals surface area contributed by atoms with E-state index in [1.54, 1.807) is 6.20 Å². The fourth-order valence-electron chi connectivity index (χ4n) is 0.859. The fraction of sp³-hybridized carbons (Fsp3) is 0.444. The highest BCUT2D eigenvalue weighted by Crippen LogP contribution is 2.18. The maximum absolute atomic E-state index is 5.58. The highest BCUT2D eigenvalue weighted by atomic mass is 32.1. The smallest absolute Gasteiger partial charge is 0.227 e. The predicted molar refractivity (Wildman–Crippen MR) is 58.3 cm³/mol. The van der Waals surface area contributed by atoms with Gasteiger partial charge in [0.25, 0.3) is 0 Å². The van der Waals surface area contributed by atoms with E-state index in [0.29, 0.717) is 11.4 Å². The van der Waals surface area contributed by atoms with Gasteiger partial charge in [-0.05, 0) is 20.8 Å². The minimum atomic E-state index is -0.326. The van der Waals surface area contributed by atoms with Gasteiger partial charge in [-0.2, -0.15) is 0 Å². The van der Waals surface area contributed by atoms with Gasteiger partial charge in [0.2, 0.25) is 5.88 Å². The molecule has 1 aromatic heterocycles. The molecule has 1 aromatic rings. The van der Waals surface area contributed by atoms with E-state index >= 15 is 0 Å². The van der Waals surface area contributed by atoms with Crippen molar-refractivity contribution in [3.63, 3.8) is 0 Å². The lowest BCUT2D eigenvalue weighted by Crippen LogP contribution is -2.25. The van der Waals surface area contributed by atoms with Crippen LogP contribution in [0.1, 0.15) is 26.3 Å². The molecule has 0 spiro atoms. The number of hydrogen-bond donors (Lipinski definition) is 1. The van der Waals surface area contributed by atoms with Gasteiger partial charge in [-0.15, -0.1) is 0 Å². The maximum Gasteiger partial charge on any atom is 0.227 e. The first-order chi connectivity index (χ1) is 6.40. The highest BCUT2D eigenvalue weighted by Gasteiger charge is 2.16. The van der Waals surface area contributed by atoms with Crippen molar-refractivity contribution >= 4 is 17.2 Å². The molecule has 1 rings (SSSR count). The molecule has 0 amide bonds. The molecule has 2 N–H and O–H groups in total. The zero-order chi connectivity index (χ0) is 10.8. The predicted octanol–water partition coefficient (Wildman–Crippen LogP) is 1.29. The Morgan fingerprint density at radius 3 is 2.64 bits per heavy atom. The van der Waals surface area contributed by atoms with Gasteiger partial charge in [-0.25, -0.2) is 9.97 Å². The molecular weight excluding hydrogens is 198 g/mol. The summed E-state index contributed by atoms with van der Waals surface area (Å²) in [5, 5.41) is 0. The van der Waals surface area contributed by atoms with Crippen LogP contribution in [0.5, 0.6) is 5.88 Å². The molecule has 0 saturated carbocycles. The number of rotatable bonds is 2. The molecule has 0 aliphatic heterocycles. The van der Waals surface area contributed by atoms with E-state index < -0.39 is 0 Å². The topological polar surface area (TPSA) is 61.0 Å². The maximum atomic E-state index is 5.58. The third kappa shape index (κ3) is 2.92. The van der Waals surface area contributed by atoms with Gasteiger partial charge in [-0.3, -0.25) is 0 Å². The summed E-state index contributed by atoms with van der Waals surface area (Å²) in [6, 6.07) is 0. The third-order valence-corrected chi connectivity index (χ3v) is 1.56. The van der Waals surface area contributed by atoms with E-state index in [9.17, 15) is 0 Å². The third-order valence-electron chi connectivity index (χ3n) is 1.34. The number of nitrogens with zero attached hydrogens (tertiary/aromatic N) is 2. The van der Waals surface area contributed by atoms with Crippen molar-refractivity contribution in [2.75, 3.05) is 0 Å². The van der Waals surface area contributed by atoms with Crippen LogP contribution < -0.4 is 10.5 Å². The molecule has 0 aliphatic carbocycles. The van der Waals surface area contributed by atoms with Gasteiger partial charge >= 0.3 is 0 Å². The molecule has 0 radical (unpaired) electrons. The Hall–Kier alpha value is -1.23. The summed E-state index contributed by atoms with van der Waals surface area (Å²) in [7, 11) is 0. The van der Waals surface area contributed by atoms with Crippen molar-refractivity contribution < 1.29 is 4.74 Å². The SMILES string of the molecule is CC(C)(C)Oc1ncncc1C(N)=S. The minimum Gasteiger partial charge on any atom is -0.471 e. The second kappa shape index (κ2) is 3.88. The summed E-state index contributed by atoms with van der Waals surface area (Å²) >= 11 is 4.86. The quantitative estimate of drug-likeness (QED) is 0.747. The van der Waals surface area contributed by atoms with Crippen LogP contribution in [-0.2, 0) is 0 Å². The molecule has 76 valence electrons. The highest BCUT2D eigenvalue weighted by molar-refractivity contribution is 7.80. The molecule has 0 fully saturated rings. The lowest BCUT2D eigenvalue weighted by atomic mass is 10.2. The summed E-state index contributed by atoms with van der Waals surface area (Å²) < 4.78 is 5.58. The van der Waals surface area contributed by atoms with E-state index in [0.717, 1.165) is 0 Å². The zero-order valence-corrected chi connectivity index (χ0v) is 9.26. The molecule has 0 bridgehead atoms. The Morgan fingerprint density at radius 2 is 2.14 bits per heavy atom. The van der Waals surface area contributed by atoms with Gasteiger partial charge in [0.15, 0.2) is 0 Å². The Labute approximate surface area is 88.5 Å². The second-order valence-electron chi connectivity index (χ2n) is 3.82. The Balaban J connectivity index is 3.02. The van der Waals surface area contributed by atoms with E-state index in [4.69, 9.17) is 22.7 Å². The number of thiocarbonyl (C=S) groups is 1. The van der Waals surface area contributed by atoms with E-state index in [2.05, 4.69) is 9.97 Å². The average molecular weight is 211 g/mol. The van der Waals surface area contributed by atoms with Gasteiger partial charge in [-0.1, -0.05) is 12.2 Å².